The van der Waals surface area contributed by atoms with Crippen LogP contribution in [0.5, 0.6) is 0 Å². The molecule has 1 amide bonds. The average Bonchev–Trinajstić information content (AvgIpc) is 2.45. The van der Waals surface area contributed by atoms with Crippen LogP contribution < -0.4 is 10.7 Å². The molecule has 0 aliphatic carbocycles. The first kappa shape index (κ1) is 13.8. The van der Waals surface area contributed by atoms with Crippen molar-refractivity contribution in [3.63, 3.8) is 0 Å². The maximum atomic E-state index is 11.8. The summed E-state index contributed by atoms with van der Waals surface area (Å²) in [6, 6.07) is 7.63. The van der Waals surface area contributed by atoms with Crippen LogP contribution in [0.3, 0.4) is 0 Å². The zero-order valence-electron chi connectivity index (χ0n) is 10.8. The summed E-state index contributed by atoms with van der Waals surface area (Å²) >= 11 is 0. The molecule has 0 bridgehead atoms. The maximum Gasteiger partial charge on any atom is 0.374 e. The summed E-state index contributed by atoms with van der Waals surface area (Å²) in [7, 11) is 0. The summed E-state index contributed by atoms with van der Waals surface area (Å²) in [4.78, 5) is 34.7. The largest absolute Gasteiger partial charge is 0.450 e. The molecule has 6 nitrogen and oxygen atoms in total. The lowest BCUT2D eigenvalue weighted by Crippen LogP contribution is -2.28. The second-order valence-corrected chi connectivity index (χ2v) is 4.00. The van der Waals surface area contributed by atoms with Crippen molar-refractivity contribution in [2.45, 2.75) is 6.92 Å². The van der Waals surface area contributed by atoms with E-state index in [0.717, 1.165) is 6.07 Å². The number of para-hydroxylation sites is 1. The molecule has 1 aromatic carbocycles. The molecule has 0 spiro atoms. The van der Waals surface area contributed by atoms with Gasteiger partial charge in [-0.1, -0.05) is 12.1 Å². The zero-order chi connectivity index (χ0) is 14.5. The van der Waals surface area contributed by atoms with Crippen molar-refractivity contribution in [3.05, 3.63) is 46.3 Å². The Kier molecular flexibility index (Phi) is 4.14. The van der Waals surface area contributed by atoms with Gasteiger partial charge in [0.15, 0.2) is 12.0 Å². The molecule has 1 N–H and O–H groups in total. The molecule has 0 unspecified atom stereocenters. The van der Waals surface area contributed by atoms with Crippen LogP contribution >= 0.6 is 0 Å². The summed E-state index contributed by atoms with van der Waals surface area (Å²) < 4.78 is 10.1. The number of hydrogen-bond donors (Lipinski definition) is 1. The Morgan fingerprint density at radius 1 is 1.30 bits per heavy atom. The van der Waals surface area contributed by atoms with Crippen LogP contribution in [0.15, 0.2) is 39.5 Å². The van der Waals surface area contributed by atoms with Crippen molar-refractivity contribution in [1.29, 1.82) is 0 Å². The molecule has 104 valence electrons. The van der Waals surface area contributed by atoms with Crippen LogP contribution in [0.2, 0.25) is 0 Å². The highest BCUT2D eigenvalue weighted by atomic mass is 16.5. The maximum absolute atomic E-state index is 11.8. The van der Waals surface area contributed by atoms with E-state index in [9.17, 15) is 14.4 Å². The van der Waals surface area contributed by atoms with Crippen LogP contribution in [0.25, 0.3) is 11.0 Å². The Bertz CT molecular complexity index is 704. The summed E-state index contributed by atoms with van der Waals surface area (Å²) in [5.41, 5.74) is -0.0400. The standard InChI is InChI=1S/C14H13NO5/c1-2-15-13(17)8-19-14(18)12-7-10(16)9-5-3-4-6-11(9)20-12/h3-7H,2,8H2,1H3,(H,15,17). The van der Waals surface area contributed by atoms with Gasteiger partial charge in [0, 0.05) is 12.6 Å². The minimum absolute atomic E-state index is 0.224. The van der Waals surface area contributed by atoms with Gasteiger partial charge in [-0.05, 0) is 19.1 Å². The summed E-state index contributed by atoms with van der Waals surface area (Å²) in [6.45, 7) is 1.78. The lowest BCUT2D eigenvalue weighted by atomic mass is 10.2. The van der Waals surface area contributed by atoms with Crippen molar-refractivity contribution < 1.29 is 18.7 Å². The first-order valence-electron chi connectivity index (χ1n) is 6.08. The predicted molar refractivity (Wildman–Crippen MR) is 71.5 cm³/mol. The third-order valence-corrected chi connectivity index (χ3v) is 2.54. The zero-order valence-corrected chi connectivity index (χ0v) is 10.8. The molecule has 0 radical (unpaired) electrons. The highest BCUT2D eigenvalue weighted by molar-refractivity contribution is 5.90. The van der Waals surface area contributed by atoms with Gasteiger partial charge in [-0.2, -0.15) is 0 Å². The van der Waals surface area contributed by atoms with Gasteiger partial charge in [-0.3, -0.25) is 9.59 Å². The molecule has 2 aromatic rings. The Labute approximate surface area is 114 Å². The van der Waals surface area contributed by atoms with E-state index in [0.29, 0.717) is 17.5 Å². The predicted octanol–water partition coefficient (Wildman–Crippen LogP) is 1.09. The molecule has 0 saturated carbocycles. The molecule has 0 aliphatic rings. The number of carbonyl (C=O) groups is 2. The van der Waals surface area contributed by atoms with Gasteiger partial charge in [0.1, 0.15) is 5.58 Å². The van der Waals surface area contributed by atoms with Crippen molar-refractivity contribution in [3.8, 4) is 0 Å². The Morgan fingerprint density at radius 3 is 2.80 bits per heavy atom. The van der Waals surface area contributed by atoms with E-state index >= 15 is 0 Å². The Morgan fingerprint density at radius 2 is 2.05 bits per heavy atom. The van der Waals surface area contributed by atoms with E-state index in [4.69, 9.17) is 9.15 Å². The number of ether oxygens (including phenoxy) is 1. The van der Waals surface area contributed by atoms with Crippen molar-refractivity contribution in [2.75, 3.05) is 13.2 Å². The highest BCUT2D eigenvalue weighted by Crippen LogP contribution is 2.12. The molecular weight excluding hydrogens is 262 g/mol. The second-order valence-electron chi connectivity index (χ2n) is 4.00. The molecule has 1 aromatic heterocycles. The number of rotatable bonds is 4. The third kappa shape index (κ3) is 3.03. The summed E-state index contributed by atoms with van der Waals surface area (Å²) in [5, 5.41) is 2.87. The number of likely N-dealkylation sites (N-methyl/N-ethyl adjacent to an activating group) is 1. The fourth-order valence-electron chi connectivity index (χ4n) is 1.65. The topological polar surface area (TPSA) is 85.6 Å². The van der Waals surface area contributed by atoms with Crippen molar-refractivity contribution in [1.82, 2.24) is 5.32 Å². The molecule has 1 heterocycles. The molecule has 20 heavy (non-hydrogen) atoms. The van der Waals surface area contributed by atoms with E-state index < -0.39 is 18.5 Å². The van der Waals surface area contributed by atoms with E-state index in [1.165, 1.54) is 0 Å². The van der Waals surface area contributed by atoms with Gasteiger partial charge in [-0.15, -0.1) is 0 Å². The highest BCUT2D eigenvalue weighted by Gasteiger charge is 2.14. The Hall–Kier alpha value is -2.63. The molecule has 6 heteroatoms. The minimum Gasteiger partial charge on any atom is -0.450 e. The number of hydrogen-bond acceptors (Lipinski definition) is 5. The number of nitrogens with one attached hydrogen (secondary N) is 1. The van der Waals surface area contributed by atoms with E-state index in [2.05, 4.69) is 5.32 Å². The first-order chi connectivity index (χ1) is 9.61. The van der Waals surface area contributed by atoms with Crippen LogP contribution in [0.1, 0.15) is 17.5 Å². The summed E-state index contributed by atoms with van der Waals surface area (Å²) in [5.74, 6) is -1.49. The molecular formula is C14H13NO5. The monoisotopic (exact) mass is 275 g/mol. The van der Waals surface area contributed by atoms with Gasteiger partial charge >= 0.3 is 5.97 Å². The average molecular weight is 275 g/mol. The van der Waals surface area contributed by atoms with E-state index in [1.807, 2.05) is 0 Å². The summed E-state index contributed by atoms with van der Waals surface area (Å²) in [6.07, 6.45) is 0. The number of amides is 1. The van der Waals surface area contributed by atoms with E-state index in [-0.39, 0.29) is 11.2 Å². The number of esters is 1. The van der Waals surface area contributed by atoms with Gasteiger partial charge < -0.3 is 14.5 Å². The number of benzene rings is 1. The molecule has 0 saturated heterocycles. The van der Waals surface area contributed by atoms with Gasteiger partial charge in [0.2, 0.25) is 5.76 Å². The Balaban J connectivity index is 2.18. The first-order valence-corrected chi connectivity index (χ1v) is 6.08. The smallest absolute Gasteiger partial charge is 0.374 e. The molecule has 0 fully saturated rings. The lowest BCUT2D eigenvalue weighted by molar-refractivity contribution is -0.124. The number of carbonyl (C=O) groups excluding carboxylic acids is 2. The second kappa shape index (κ2) is 6.01. The van der Waals surface area contributed by atoms with Gasteiger partial charge in [-0.25, -0.2) is 4.79 Å². The lowest BCUT2D eigenvalue weighted by Gasteiger charge is -2.05. The fraction of sp³-hybridized carbons (Fsp3) is 0.214. The van der Waals surface area contributed by atoms with Crippen LogP contribution in [-0.2, 0) is 9.53 Å². The minimum atomic E-state index is -0.848. The van der Waals surface area contributed by atoms with Crippen LogP contribution in [0.4, 0.5) is 0 Å². The SMILES string of the molecule is CCNC(=O)COC(=O)c1cc(=O)c2ccccc2o1. The third-order valence-electron chi connectivity index (χ3n) is 2.54. The molecule has 0 aliphatic heterocycles. The van der Waals surface area contributed by atoms with Crippen LogP contribution in [-0.4, -0.2) is 25.0 Å². The van der Waals surface area contributed by atoms with Crippen LogP contribution in [0, 0.1) is 0 Å². The fourth-order valence-corrected chi connectivity index (χ4v) is 1.65. The van der Waals surface area contributed by atoms with Crippen molar-refractivity contribution in [2.24, 2.45) is 0 Å². The quantitative estimate of drug-likeness (QED) is 0.844. The van der Waals surface area contributed by atoms with Crippen molar-refractivity contribution >= 4 is 22.8 Å². The number of fused-ring (bicyclic) bond motifs is 1. The molecule has 0 atom stereocenters. The van der Waals surface area contributed by atoms with Gasteiger partial charge in [0.05, 0.1) is 5.39 Å². The molecule has 2 rings (SSSR count). The van der Waals surface area contributed by atoms with Gasteiger partial charge in [0.25, 0.3) is 5.91 Å². The van der Waals surface area contributed by atoms with E-state index in [1.54, 1.807) is 31.2 Å². The normalized spacial score (nSPS) is 10.2.